The molecule has 0 atom stereocenters. The second-order valence-corrected chi connectivity index (χ2v) is 2.91. The van der Waals surface area contributed by atoms with Crippen molar-refractivity contribution in [2.45, 2.75) is 6.67 Å². The van der Waals surface area contributed by atoms with E-state index < -0.39 is 0 Å². The number of benzene rings is 1. The Kier molecular flexibility index (Phi) is 1.84. The molecule has 0 unspecified atom stereocenters. The van der Waals surface area contributed by atoms with Crippen molar-refractivity contribution >= 4 is 10.8 Å². The normalized spacial score (nSPS) is 10.8. The fourth-order valence-corrected chi connectivity index (χ4v) is 1.41. The van der Waals surface area contributed by atoms with Crippen LogP contribution in [0.5, 0.6) is 0 Å². The van der Waals surface area contributed by atoms with Gasteiger partial charge in [0, 0.05) is 12.4 Å². The number of hydrogen-bond acceptors (Lipinski definition) is 1. The van der Waals surface area contributed by atoms with Crippen molar-refractivity contribution < 1.29 is 0 Å². The first-order valence-electron chi connectivity index (χ1n) is 4.09. The van der Waals surface area contributed by atoms with Gasteiger partial charge in [0.05, 0.1) is 6.67 Å². The largest absolute Gasteiger partial charge is 0.340 e. The first-order chi connectivity index (χ1) is 5.90. The van der Waals surface area contributed by atoms with Gasteiger partial charge in [0.15, 0.2) is 0 Å². The highest BCUT2D eigenvalue weighted by Crippen LogP contribution is 2.13. The van der Waals surface area contributed by atoms with Gasteiger partial charge in [-0.25, -0.2) is 0 Å². The van der Waals surface area contributed by atoms with Gasteiger partial charge >= 0.3 is 0 Å². The molecule has 0 aliphatic rings. The average Bonchev–Trinajstić information content (AvgIpc) is 2.47. The van der Waals surface area contributed by atoms with E-state index in [2.05, 4.69) is 46.5 Å². The van der Waals surface area contributed by atoms with Crippen LogP contribution >= 0.6 is 0 Å². The van der Waals surface area contributed by atoms with E-state index in [4.69, 9.17) is 0 Å². The van der Waals surface area contributed by atoms with E-state index in [0.717, 1.165) is 6.67 Å². The van der Waals surface area contributed by atoms with Gasteiger partial charge in [-0.05, 0) is 17.8 Å². The smallest absolute Gasteiger partial charge is 0.0718 e. The molecule has 0 aliphatic carbocycles. The number of fused-ring (bicyclic) bond motifs is 1. The van der Waals surface area contributed by atoms with Crippen molar-refractivity contribution in [3.8, 4) is 0 Å². The Balaban J connectivity index is 2.47. The van der Waals surface area contributed by atoms with Crippen LogP contribution in [0.25, 0.3) is 10.8 Å². The number of hydrogen-bond donors (Lipinski definition) is 1. The maximum absolute atomic E-state index is 3.11. The molecular formula is C10H12N2. The molecule has 0 bridgehead atoms. The minimum absolute atomic E-state index is 0.870. The Morgan fingerprint density at radius 3 is 2.25 bits per heavy atom. The second kappa shape index (κ2) is 2.99. The summed E-state index contributed by atoms with van der Waals surface area (Å²) in [6.07, 6.45) is 4.29. The standard InChI is InChI=1S/C10H12N2/c1-11-8-12-6-9-4-2-3-5-10(9)7-12/h2-7,11H,8H2,1H3. The molecule has 0 radical (unpaired) electrons. The number of rotatable bonds is 2. The van der Waals surface area contributed by atoms with Crippen LogP contribution in [0.3, 0.4) is 0 Å². The predicted molar refractivity (Wildman–Crippen MR) is 51.0 cm³/mol. The monoisotopic (exact) mass is 160 g/mol. The van der Waals surface area contributed by atoms with E-state index in [9.17, 15) is 0 Å². The lowest BCUT2D eigenvalue weighted by Crippen LogP contribution is -2.10. The molecule has 1 aromatic heterocycles. The summed E-state index contributed by atoms with van der Waals surface area (Å²) in [5, 5.41) is 5.71. The minimum atomic E-state index is 0.870. The molecule has 2 nitrogen and oxygen atoms in total. The molecule has 0 saturated carbocycles. The van der Waals surface area contributed by atoms with E-state index in [-0.39, 0.29) is 0 Å². The molecule has 2 heteroatoms. The van der Waals surface area contributed by atoms with Crippen molar-refractivity contribution in [1.82, 2.24) is 9.88 Å². The number of nitrogens with zero attached hydrogens (tertiary/aromatic N) is 1. The van der Waals surface area contributed by atoms with Gasteiger partial charge in [0.1, 0.15) is 0 Å². The summed E-state index contributed by atoms with van der Waals surface area (Å²) in [7, 11) is 1.95. The molecule has 2 rings (SSSR count). The molecule has 1 aromatic carbocycles. The number of nitrogens with one attached hydrogen (secondary N) is 1. The van der Waals surface area contributed by atoms with E-state index >= 15 is 0 Å². The van der Waals surface area contributed by atoms with Crippen molar-refractivity contribution in [1.29, 1.82) is 0 Å². The average molecular weight is 160 g/mol. The third-order valence-electron chi connectivity index (χ3n) is 1.95. The van der Waals surface area contributed by atoms with Crippen LogP contribution in [0, 0.1) is 0 Å². The minimum Gasteiger partial charge on any atom is -0.340 e. The van der Waals surface area contributed by atoms with Gasteiger partial charge < -0.3 is 9.88 Å². The van der Waals surface area contributed by atoms with Crippen LogP contribution in [-0.2, 0) is 6.67 Å². The summed E-state index contributed by atoms with van der Waals surface area (Å²) >= 11 is 0. The zero-order valence-electron chi connectivity index (χ0n) is 7.12. The Hall–Kier alpha value is -1.28. The van der Waals surface area contributed by atoms with Gasteiger partial charge in [-0.3, -0.25) is 0 Å². The topological polar surface area (TPSA) is 17.0 Å². The van der Waals surface area contributed by atoms with Crippen LogP contribution in [-0.4, -0.2) is 11.6 Å². The third-order valence-corrected chi connectivity index (χ3v) is 1.95. The lowest BCUT2D eigenvalue weighted by atomic mass is 10.2. The molecule has 0 saturated heterocycles. The molecule has 0 spiro atoms. The van der Waals surface area contributed by atoms with Gasteiger partial charge in [-0.1, -0.05) is 24.3 Å². The quantitative estimate of drug-likeness (QED) is 0.709. The zero-order valence-corrected chi connectivity index (χ0v) is 7.12. The Morgan fingerprint density at radius 1 is 1.17 bits per heavy atom. The summed E-state index contributed by atoms with van der Waals surface area (Å²) in [5.74, 6) is 0. The number of aromatic nitrogens is 1. The van der Waals surface area contributed by atoms with Crippen LogP contribution in [0.1, 0.15) is 0 Å². The summed E-state index contributed by atoms with van der Waals surface area (Å²) in [4.78, 5) is 0. The van der Waals surface area contributed by atoms with Crippen LogP contribution in [0.4, 0.5) is 0 Å². The SMILES string of the molecule is CNCn1cc2ccccc2c1. The molecule has 0 fully saturated rings. The van der Waals surface area contributed by atoms with E-state index in [0.29, 0.717) is 0 Å². The zero-order chi connectivity index (χ0) is 8.39. The summed E-state index contributed by atoms with van der Waals surface area (Å²) < 4.78 is 2.14. The second-order valence-electron chi connectivity index (χ2n) is 2.91. The summed E-state index contributed by atoms with van der Waals surface area (Å²) in [5.41, 5.74) is 0. The summed E-state index contributed by atoms with van der Waals surface area (Å²) in [6, 6.07) is 8.38. The van der Waals surface area contributed by atoms with Gasteiger partial charge in [0.2, 0.25) is 0 Å². The third kappa shape index (κ3) is 1.21. The van der Waals surface area contributed by atoms with Crippen molar-refractivity contribution in [3.05, 3.63) is 36.7 Å². The highest BCUT2D eigenvalue weighted by Gasteiger charge is 1.94. The van der Waals surface area contributed by atoms with Crippen LogP contribution < -0.4 is 5.32 Å². The lowest BCUT2D eigenvalue weighted by Gasteiger charge is -1.97. The summed E-state index contributed by atoms with van der Waals surface area (Å²) in [6.45, 7) is 0.870. The van der Waals surface area contributed by atoms with Crippen molar-refractivity contribution in [2.24, 2.45) is 0 Å². The van der Waals surface area contributed by atoms with E-state index in [1.807, 2.05) is 7.05 Å². The molecule has 12 heavy (non-hydrogen) atoms. The molecule has 1 heterocycles. The Labute approximate surface area is 71.8 Å². The van der Waals surface area contributed by atoms with Gasteiger partial charge in [0.25, 0.3) is 0 Å². The molecule has 1 N–H and O–H groups in total. The molecule has 2 aromatic rings. The fourth-order valence-electron chi connectivity index (χ4n) is 1.41. The van der Waals surface area contributed by atoms with Crippen LogP contribution in [0.2, 0.25) is 0 Å². The Morgan fingerprint density at radius 2 is 1.75 bits per heavy atom. The van der Waals surface area contributed by atoms with E-state index in [1.54, 1.807) is 0 Å². The first kappa shape index (κ1) is 7.37. The highest BCUT2D eigenvalue weighted by atomic mass is 15.1. The Bertz CT molecular complexity index is 343. The molecular weight excluding hydrogens is 148 g/mol. The van der Waals surface area contributed by atoms with Gasteiger partial charge in [-0.2, -0.15) is 0 Å². The maximum Gasteiger partial charge on any atom is 0.0718 e. The molecule has 0 aliphatic heterocycles. The fraction of sp³-hybridized carbons (Fsp3) is 0.200. The van der Waals surface area contributed by atoms with Crippen molar-refractivity contribution in [3.63, 3.8) is 0 Å². The first-order valence-corrected chi connectivity index (χ1v) is 4.09. The van der Waals surface area contributed by atoms with E-state index in [1.165, 1.54) is 10.8 Å². The lowest BCUT2D eigenvalue weighted by molar-refractivity contribution is 0.623. The highest BCUT2D eigenvalue weighted by molar-refractivity contribution is 5.81. The van der Waals surface area contributed by atoms with Crippen molar-refractivity contribution in [2.75, 3.05) is 7.05 Å². The van der Waals surface area contributed by atoms with Gasteiger partial charge in [-0.15, -0.1) is 0 Å². The molecule has 62 valence electrons. The van der Waals surface area contributed by atoms with Crippen LogP contribution in [0.15, 0.2) is 36.7 Å². The maximum atomic E-state index is 3.11. The molecule has 0 amide bonds. The predicted octanol–water partition coefficient (Wildman–Crippen LogP) is 1.82.